The summed E-state index contributed by atoms with van der Waals surface area (Å²) in [5.41, 5.74) is 0.741. The maximum absolute atomic E-state index is 12.1. The van der Waals surface area contributed by atoms with E-state index in [2.05, 4.69) is 15.6 Å². The molecule has 23 heavy (non-hydrogen) atoms. The third-order valence-corrected chi connectivity index (χ3v) is 4.56. The summed E-state index contributed by atoms with van der Waals surface area (Å²) in [6.07, 6.45) is 3.84. The van der Waals surface area contributed by atoms with E-state index in [1.807, 2.05) is 36.0 Å². The highest BCUT2D eigenvalue weighted by Gasteiger charge is 2.16. The molecule has 1 atom stereocenters. The highest BCUT2D eigenvalue weighted by molar-refractivity contribution is 7.99. The SMILES string of the molecule is O=C(CC1CSCCN1)Nc1cccc(Oc2ccncc2)c1. The van der Waals surface area contributed by atoms with Gasteiger partial charge in [-0.2, -0.15) is 11.8 Å². The van der Waals surface area contributed by atoms with Crippen molar-refractivity contribution in [3.8, 4) is 11.5 Å². The molecule has 120 valence electrons. The molecule has 1 saturated heterocycles. The van der Waals surface area contributed by atoms with Crippen molar-refractivity contribution in [2.75, 3.05) is 23.4 Å². The molecule has 0 bridgehead atoms. The van der Waals surface area contributed by atoms with Gasteiger partial charge < -0.3 is 15.4 Å². The van der Waals surface area contributed by atoms with E-state index < -0.39 is 0 Å². The molecular formula is C17H19N3O2S. The molecule has 0 radical (unpaired) electrons. The zero-order valence-corrected chi connectivity index (χ0v) is 13.5. The molecule has 2 N–H and O–H groups in total. The largest absolute Gasteiger partial charge is 0.457 e. The number of hydrogen-bond acceptors (Lipinski definition) is 5. The summed E-state index contributed by atoms with van der Waals surface area (Å²) in [4.78, 5) is 16.1. The first kappa shape index (κ1) is 15.8. The zero-order valence-electron chi connectivity index (χ0n) is 12.7. The number of nitrogens with one attached hydrogen (secondary N) is 2. The van der Waals surface area contributed by atoms with E-state index in [4.69, 9.17) is 4.74 Å². The van der Waals surface area contributed by atoms with Gasteiger partial charge in [-0.25, -0.2) is 0 Å². The first-order valence-corrected chi connectivity index (χ1v) is 8.74. The highest BCUT2D eigenvalue weighted by Crippen LogP contribution is 2.23. The van der Waals surface area contributed by atoms with Crippen LogP contribution in [0.3, 0.4) is 0 Å². The fourth-order valence-electron chi connectivity index (χ4n) is 2.37. The molecule has 1 aliphatic rings. The Hall–Kier alpha value is -2.05. The number of carbonyl (C=O) groups excluding carboxylic acids is 1. The van der Waals surface area contributed by atoms with E-state index in [9.17, 15) is 4.79 Å². The Bertz CT molecular complexity index is 645. The summed E-state index contributed by atoms with van der Waals surface area (Å²) in [5.74, 6) is 3.52. The maximum atomic E-state index is 12.1. The van der Waals surface area contributed by atoms with Crippen molar-refractivity contribution >= 4 is 23.4 Å². The van der Waals surface area contributed by atoms with Gasteiger partial charge in [0.25, 0.3) is 0 Å². The minimum Gasteiger partial charge on any atom is -0.457 e. The molecule has 0 saturated carbocycles. The van der Waals surface area contributed by atoms with Crippen LogP contribution in [0.2, 0.25) is 0 Å². The number of benzene rings is 1. The van der Waals surface area contributed by atoms with Crippen LogP contribution >= 0.6 is 11.8 Å². The van der Waals surface area contributed by atoms with Crippen molar-refractivity contribution < 1.29 is 9.53 Å². The van der Waals surface area contributed by atoms with Gasteiger partial charge in [-0.1, -0.05) is 6.07 Å². The molecule has 1 unspecified atom stereocenters. The fraction of sp³-hybridized carbons (Fsp3) is 0.294. The van der Waals surface area contributed by atoms with E-state index in [0.29, 0.717) is 17.9 Å². The molecule has 2 heterocycles. The van der Waals surface area contributed by atoms with Crippen LogP contribution < -0.4 is 15.4 Å². The van der Waals surface area contributed by atoms with E-state index >= 15 is 0 Å². The number of nitrogens with zero attached hydrogens (tertiary/aromatic N) is 1. The van der Waals surface area contributed by atoms with Gasteiger partial charge in [0.2, 0.25) is 5.91 Å². The minimum atomic E-state index is 0.0195. The topological polar surface area (TPSA) is 63.2 Å². The number of rotatable bonds is 5. The number of thioether (sulfide) groups is 1. The lowest BCUT2D eigenvalue weighted by molar-refractivity contribution is -0.116. The number of carbonyl (C=O) groups is 1. The second-order valence-corrected chi connectivity index (χ2v) is 6.44. The minimum absolute atomic E-state index is 0.0195. The Labute approximate surface area is 139 Å². The molecule has 3 rings (SSSR count). The summed E-state index contributed by atoms with van der Waals surface area (Å²) in [6.45, 7) is 0.970. The van der Waals surface area contributed by atoms with Gasteiger partial charge in [0.05, 0.1) is 0 Å². The Balaban J connectivity index is 1.57. The van der Waals surface area contributed by atoms with Crippen LogP contribution in [0.4, 0.5) is 5.69 Å². The molecule has 1 fully saturated rings. The normalized spacial score (nSPS) is 17.5. The zero-order chi connectivity index (χ0) is 15.9. The third-order valence-electron chi connectivity index (χ3n) is 3.43. The van der Waals surface area contributed by atoms with Crippen molar-refractivity contribution in [2.24, 2.45) is 0 Å². The average molecular weight is 329 g/mol. The van der Waals surface area contributed by atoms with E-state index in [1.54, 1.807) is 24.5 Å². The van der Waals surface area contributed by atoms with Gasteiger partial charge in [-0.3, -0.25) is 9.78 Å². The van der Waals surface area contributed by atoms with Gasteiger partial charge in [-0.15, -0.1) is 0 Å². The quantitative estimate of drug-likeness (QED) is 0.883. The van der Waals surface area contributed by atoms with Crippen LogP contribution in [-0.4, -0.2) is 35.0 Å². The maximum Gasteiger partial charge on any atom is 0.225 e. The first-order valence-electron chi connectivity index (χ1n) is 7.58. The molecule has 1 amide bonds. The van der Waals surface area contributed by atoms with Gasteiger partial charge >= 0.3 is 0 Å². The Kier molecular flexibility index (Phi) is 5.50. The number of amides is 1. The molecule has 5 nitrogen and oxygen atoms in total. The van der Waals surface area contributed by atoms with Gasteiger partial charge in [-0.05, 0) is 24.3 Å². The summed E-state index contributed by atoms with van der Waals surface area (Å²) < 4.78 is 5.74. The summed E-state index contributed by atoms with van der Waals surface area (Å²) in [7, 11) is 0. The van der Waals surface area contributed by atoms with Crippen LogP contribution in [0.1, 0.15) is 6.42 Å². The molecule has 1 aromatic heterocycles. The Morgan fingerprint density at radius 1 is 1.30 bits per heavy atom. The molecule has 1 aliphatic heterocycles. The number of anilines is 1. The monoisotopic (exact) mass is 329 g/mol. The fourth-order valence-corrected chi connectivity index (χ4v) is 3.32. The summed E-state index contributed by atoms with van der Waals surface area (Å²) >= 11 is 1.89. The van der Waals surface area contributed by atoms with Gasteiger partial charge in [0.15, 0.2) is 0 Å². The van der Waals surface area contributed by atoms with E-state index in [-0.39, 0.29) is 11.9 Å². The van der Waals surface area contributed by atoms with Crippen LogP contribution in [-0.2, 0) is 4.79 Å². The molecule has 1 aromatic carbocycles. The number of hydrogen-bond donors (Lipinski definition) is 2. The molecule has 0 spiro atoms. The second kappa shape index (κ2) is 7.99. The Morgan fingerprint density at radius 3 is 2.96 bits per heavy atom. The highest BCUT2D eigenvalue weighted by atomic mass is 32.2. The standard InChI is InChI=1S/C17H19N3O2S/c21-17(11-14-12-23-9-8-19-14)20-13-2-1-3-16(10-13)22-15-4-6-18-7-5-15/h1-7,10,14,19H,8-9,11-12H2,(H,20,21). The lowest BCUT2D eigenvalue weighted by Crippen LogP contribution is -2.39. The Morgan fingerprint density at radius 2 is 2.17 bits per heavy atom. The number of pyridine rings is 1. The summed E-state index contributed by atoms with van der Waals surface area (Å²) in [5, 5.41) is 6.30. The van der Waals surface area contributed by atoms with Gasteiger partial charge in [0, 0.05) is 54.7 Å². The smallest absolute Gasteiger partial charge is 0.225 e. The average Bonchev–Trinajstić information content (AvgIpc) is 2.57. The van der Waals surface area contributed by atoms with Crippen molar-refractivity contribution in [1.82, 2.24) is 10.3 Å². The van der Waals surface area contributed by atoms with Crippen LogP contribution in [0.15, 0.2) is 48.8 Å². The molecule has 2 aromatic rings. The number of aromatic nitrogens is 1. The van der Waals surface area contributed by atoms with Crippen molar-refractivity contribution in [1.29, 1.82) is 0 Å². The molecule has 6 heteroatoms. The predicted octanol–water partition coefficient (Wildman–Crippen LogP) is 2.91. The third kappa shape index (κ3) is 4.97. The summed E-state index contributed by atoms with van der Waals surface area (Å²) in [6, 6.07) is 11.2. The van der Waals surface area contributed by atoms with Crippen LogP contribution in [0.25, 0.3) is 0 Å². The molecular weight excluding hydrogens is 310 g/mol. The van der Waals surface area contributed by atoms with Gasteiger partial charge in [0.1, 0.15) is 11.5 Å². The van der Waals surface area contributed by atoms with Crippen molar-refractivity contribution in [3.63, 3.8) is 0 Å². The van der Waals surface area contributed by atoms with Crippen LogP contribution in [0.5, 0.6) is 11.5 Å². The lowest BCUT2D eigenvalue weighted by Gasteiger charge is -2.22. The van der Waals surface area contributed by atoms with Crippen LogP contribution in [0, 0.1) is 0 Å². The molecule has 0 aliphatic carbocycles. The first-order chi connectivity index (χ1) is 11.3. The second-order valence-electron chi connectivity index (χ2n) is 5.29. The van der Waals surface area contributed by atoms with Crippen molar-refractivity contribution in [3.05, 3.63) is 48.8 Å². The predicted molar refractivity (Wildman–Crippen MR) is 93.1 cm³/mol. The van der Waals surface area contributed by atoms with Crippen molar-refractivity contribution in [2.45, 2.75) is 12.5 Å². The lowest BCUT2D eigenvalue weighted by atomic mass is 10.2. The van der Waals surface area contributed by atoms with E-state index in [0.717, 1.165) is 23.7 Å². The number of ether oxygens (including phenoxy) is 1. The van der Waals surface area contributed by atoms with E-state index in [1.165, 1.54) is 0 Å².